The fraction of sp³-hybridized carbons (Fsp3) is 0.0588. The largest absolute Gasteiger partial charge is 0.433 e. The Labute approximate surface area is 139 Å². The van der Waals surface area contributed by atoms with Crippen LogP contribution in [0.2, 0.25) is 5.02 Å². The predicted octanol–water partition coefficient (Wildman–Crippen LogP) is 5.25. The molecule has 2 heterocycles. The van der Waals surface area contributed by atoms with Gasteiger partial charge in [-0.1, -0.05) is 23.7 Å². The number of para-hydroxylation sites is 2. The minimum atomic E-state index is -4.54. The third-order valence-corrected chi connectivity index (χ3v) is 3.99. The van der Waals surface area contributed by atoms with Crippen molar-refractivity contribution in [2.75, 3.05) is 0 Å². The Hall–Kier alpha value is -2.60. The Balaban J connectivity index is 2.11. The maximum atomic E-state index is 13.2. The molecule has 2 aromatic heterocycles. The summed E-state index contributed by atoms with van der Waals surface area (Å²) in [5.74, 6) is 0. The molecule has 4 rings (SSSR count). The fourth-order valence-electron chi connectivity index (χ4n) is 2.68. The van der Waals surface area contributed by atoms with E-state index in [-0.39, 0.29) is 5.52 Å². The van der Waals surface area contributed by atoms with Gasteiger partial charge in [-0.15, -0.1) is 0 Å². The minimum absolute atomic E-state index is 0.224. The lowest BCUT2D eigenvalue weighted by Gasteiger charge is -2.13. The first-order valence-corrected chi connectivity index (χ1v) is 7.41. The molecule has 24 heavy (non-hydrogen) atoms. The number of aromatic nitrogens is 3. The molecule has 0 amide bonds. The van der Waals surface area contributed by atoms with Crippen LogP contribution in [0.1, 0.15) is 5.69 Å². The number of hydrogen-bond donors (Lipinski definition) is 0. The summed E-state index contributed by atoms with van der Waals surface area (Å²) in [4.78, 5) is 7.97. The summed E-state index contributed by atoms with van der Waals surface area (Å²) < 4.78 is 41.3. The van der Waals surface area contributed by atoms with Crippen molar-refractivity contribution in [1.29, 1.82) is 0 Å². The molecule has 0 saturated carbocycles. The van der Waals surface area contributed by atoms with Gasteiger partial charge in [-0.05, 0) is 36.4 Å². The number of fused-ring (bicyclic) bond motifs is 2. The maximum Gasteiger partial charge on any atom is 0.433 e. The second kappa shape index (κ2) is 5.21. The van der Waals surface area contributed by atoms with Crippen molar-refractivity contribution in [3.8, 4) is 5.69 Å². The summed E-state index contributed by atoms with van der Waals surface area (Å²) in [7, 11) is 0. The number of halogens is 4. The SMILES string of the molecule is FC(F)(F)c1cc(-n2cnc3ccccc32)c2cc(Cl)ccc2n1. The number of pyridine rings is 1. The Kier molecular flexibility index (Phi) is 3.25. The molecule has 3 nitrogen and oxygen atoms in total. The molecule has 0 aliphatic heterocycles. The maximum absolute atomic E-state index is 13.2. The fourth-order valence-corrected chi connectivity index (χ4v) is 2.85. The lowest BCUT2D eigenvalue weighted by atomic mass is 10.1. The summed E-state index contributed by atoms with van der Waals surface area (Å²) >= 11 is 6.03. The van der Waals surface area contributed by atoms with Gasteiger partial charge >= 0.3 is 6.18 Å². The monoisotopic (exact) mass is 347 g/mol. The molecular weight excluding hydrogens is 339 g/mol. The zero-order chi connectivity index (χ0) is 16.9. The van der Waals surface area contributed by atoms with E-state index in [1.807, 2.05) is 12.1 Å². The molecule has 0 saturated heterocycles. The molecule has 0 radical (unpaired) electrons. The smallest absolute Gasteiger partial charge is 0.298 e. The first-order chi connectivity index (χ1) is 11.4. The van der Waals surface area contributed by atoms with Gasteiger partial charge in [-0.3, -0.25) is 4.57 Å². The summed E-state index contributed by atoms with van der Waals surface area (Å²) in [5.41, 5.74) is 1.01. The third-order valence-electron chi connectivity index (χ3n) is 3.75. The Morgan fingerprint density at radius 1 is 0.958 bits per heavy atom. The van der Waals surface area contributed by atoms with E-state index in [1.165, 1.54) is 18.5 Å². The molecule has 0 bridgehead atoms. The summed E-state index contributed by atoms with van der Waals surface area (Å²) in [5, 5.41) is 0.952. The highest BCUT2D eigenvalue weighted by Gasteiger charge is 2.33. The van der Waals surface area contributed by atoms with E-state index in [0.29, 0.717) is 27.1 Å². The average Bonchev–Trinajstić information content (AvgIpc) is 2.97. The van der Waals surface area contributed by atoms with Gasteiger partial charge in [0.25, 0.3) is 0 Å². The van der Waals surface area contributed by atoms with E-state index in [0.717, 1.165) is 6.07 Å². The van der Waals surface area contributed by atoms with Crippen LogP contribution in [0.4, 0.5) is 13.2 Å². The van der Waals surface area contributed by atoms with Gasteiger partial charge in [0.1, 0.15) is 12.0 Å². The lowest BCUT2D eigenvalue weighted by molar-refractivity contribution is -0.140. The Morgan fingerprint density at radius 3 is 2.54 bits per heavy atom. The number of rotatable bonds is 1. The number of hydrogen-bond acceptors (Lipinski definition) is 2. The van der Waals surface area contributed by atoms with E-state index in [9.17, 15) is 13.2 Å². The lowest BCUT2D eigenvalue weighted by Crippen LogP contribution is -2.09. The van der Waals surface area contributed by atoms with Gasteiger partial charge in [0, 0.05) is 10.4 Å². The molecule has 0 unspecified atom stereocenters. The molecule has 7 heteroatoms. The quantitative estimate of drug-likeness (QED) is 0.471. The minimum Gasteiger partial charge on any atom is -0.298 e. The van der Waals surface area contributed by atoms with Crippen molar-refractivity contribution in [3.05, 3.63) is 65.6 Å². The summed E-state index contributed by atoms with van der Waals surface area (Å²) in [6.45, 7) is 0. The number of alkyl halides is 3. The zero-order valence-corrected chi connectivity index (χ0v) is 12.8. The molecule has 0 atom stereocenters. The highest BCUT2D eigenvalue weighted by molar-refractivity contribution is 6.31. The molecule has 0 N–H and O–H groups in total. The standard InChI is InChI=1S/C17H9ClF3N3/c18-10-5-6-12-11(7-10)15(8-16(23-12)17(19,20)21)24-9-22-13-3-1-2-4-14(13)24/h1-9H. The van der Waals surface area contributed by atoms with Crippen molar-refractivity contribution >= 4 is 33.5 Å². The summed E-state index contributed by atoms with van der Waals surface area (Å²) in [6, 6.07) is 12.9. The molecule has 4 aromatic rings. The summed E-state index contributed by atoms with van der Waals surface area (Å²) in [6.07, 6.45) is -3.04. The van der Waals surface area contributed by atoms with Gasteiger partial charge in [-0.25, -0.2) is 9.97 Å². The van der Waals surface area contributed by atoms with Crippen LogP contribution in [0, 0.1) is 0 Å². The molecule has 2 aromatic carbocycles. The van der Waals surface area contributed by atoms with Crippen LogP contribution in [0.3, 0.4) is 0 Å². The van der Waals surface area contributed by atoms with Gasteiger partial charge in [0.15, 0.2) is 0 Å². The van der Waals surface area contributed by atoms with E-state index in [1.54, 1.807) is 22.8 Å². The van der Waals surface area contributed by atoms with Crippen molar-refractivity contribution in [3.63, 3.8) is 0 Å². The van der Waals surface area contributed by atoms with E-state index >= 15 is 0 Å². The highest BCUT2D eigenvalue weighted by atomic mass is 35.5. The van der Waals surface area contributed by atoms with Crippen molar-refractivity contribution < 1.29 is 13.2 Å². The van der Waals surface area contributed by atoms with E-state index in [2.05, 4.69) is 9.97 Å². The second-order valence-electron chi connectivity index (χ2n) is 5.29. The first kappa shape index (κ1) is 15.0. The molecular formula is C17H9ClF3N3. The molecule has 0 spiro atoms. The van der Waals surface area contributed by atoms with Crippen LogP contribution >= 0.6 is 11.6 Å². The highest BCUT2D eigenvalue weighted by Crippen LogP contribution is 2.34. The first-order valence-electron chi connectivity index (χ1n) is 7.03. The molecule has 0 aliphatic carbocycles. The second-order valence-corrected chi connectivity index (χ2v) is 5.73. The van der Waals surface area contributed by atoms with Crippen LogP contribution < -0.4 is 0 Å². The van der Waals surface area contributed by atoms with Gasteiger partial charge in [-0.2, -0.15) is 13.2 Å². The van der Waals surface area contributed by atoms with Gasteiger partial charge in [0.05, 0.1) is 22.2 Å². The average molecular weight is 348 g/mol. The van der Waals surface area contributed by atoms with Gasteiger partial charge in [0.2, 0.25) is 0 Å². The Morgan fingerprint density at radius 2 is 1.75 bits per heavy atom. The zero-order valence-electron chi connectivity index (χ0n) is 12.0. The van der Waals surface area contributed by atoms with Crippen molar-refractivity contribution in [2.45, 2.75) is 6.18 Å². The normalized spacial score (nSPS) is 12.2. The molecule has 0 aliphatic rings. The number of benzene rings is 2. The van der Waals surface area contributed by atoms with Crippen LogP contribution in [0.5, 0.6) is 0 Å². The Bertz CT molecular complexity index is 1070. The molecule has 120 valence electrons. The molecule has 0 fully saturated rings. The topological polar surface area (TPSA) is 30.7 Å². The van der Waals surface area contributed by atoms with E-state index < -0.39 is 11.9 Å². The predicted molar refractivity (Wildman–Crippen MR) is 86.4 cm³/mol. The number of nitrogens with zero attached hydrogens (tertiary/aromatic N) is 3. The van der Waals surface area contributed by atoms with Crippen LogP contribution in [-0.4, -0.2) is 14.5 Å². The third kappa shape index (κ3) is 2.39. The van der Waals surface area contributed by atoms with Crippen LogP contribution in [-0.2, 0) is 6.18 Å². The number of imidazole rings is 1. The van der Waals surface area contributed by atoms with Crippen LogP contribution in [0.25, 0.3) is 27.6 Å². The van der Waals surface area contributed by atoms with Crippen LogP contribution in [0.15, 0.2) is 54.9 Å². The van der Waals surface area contributed by atoms with Crippen molar-refractivity contribution in [2.24, 2.45) is 0 Å². The van der Waals surface area contributed by atoms with Crippen molar-refractivity contribution in [1.82, 2.24) is 14.5 Å². The van der Waals surface area contributed by atoms with E-state index in [4.69, 9.17) is 11.6 Å². The van der Waals surface area contributed by atoms with Gasteiger partial charge < -0.3 is 0 Å².